The Bertz CT molecular complexity index is 343. The fraction of sp³-hybridized carbons (Fsp3) is 0.867. The SMILES string of the molecule is CCC1CCCCN1C(=O)C(=O)N1CCCC(C)C1. The monoisotopic (exact) mass is 266 g/mol. The second-order valence-corrected chi connectivity index (χ2v) is 6.05. The van der Waals surface area contributed by atoms with E-state index in [1.807, 2.05) is 4.90 Å². The van der Waals surface area contributed by atoms with Crippen LogP contribution < -0.4 is 0 Å². The zero-order valence-corrected chi connectivity index (χ0v) is 12.2. The minimum atomic E-state index is -0.271. The van der Waals surface area contributed by atoms with Gasteiger partial charge in [0.05, 0.1) is 0 Å². The number of likely N-dealkylation sites (tertiary alicyclic amines) is 2. The number of carbonyl (C=O) groups excluding carboxylic acids is 2. The first-order chi connectivity index (χ1) is 9.13. The van der Waals surface area contributed by atoms with Gasteiger partial charge >= 0.3 is 11.8 Å². The number of nitrogens with zero attached hydrogens (tertiary/aromatic N) is 2. The van der Waals surface area contributed by atoms with E-state index in [9.17, 15) is 9.59 Å². The van der Waals surface area contributed by atoms with Crippen molar-refractivity contribution in [3.05, 3.63) is 0 Å². The summed E-state index contributed by atoms with van der Waals surface area (Å²) in [6, 6.07) is 0.271. The standard InChI is InChI=1S/C15H26N2O2/c1-3-13-8-4-5-10-17(13)15(19)14(18)16-9-6-7-12(2)11-16/h12-13H,3-11H2,1-2H3. The molecule has 2 atom stereocenters. The molecular formula is C15H26N2O2. The van der Waals surface area contributed by atoms with Gasteiger partial charge in [-0.3, -0.25) is 9.59 Å². The van der Waals surface area contributed by atoms with Crippen molar-refractivity contribution in [2.75, 3.05) is 19.6 Å². The fourth-order valence-corrected chi connectivity index (χ4v) is 3.32. The molecule has 2 amide bonds. The number of hydrogen-bond acceptors (Lipinski definition) is 2. The summed E-state index contributed by atoms with van der Waals surface area (Å²) >= 11 is 0. The molecule has 4 heteroatoms. The first kappa shape index (κ1) is 14.4. The van der Waals surface area contributed by atoms with E-state index >= 15 is 0 Å². The van der Waals surface area contributed by atoms with Gasteiger partial charge in [0.15, 0.2) is 0 Å². The summed E-state index contributed by atoms with van der Waals surface area (Å²) in [5.41, 5.74) is 0. The van der Waals surface area contributed by atoms with Gasteiger partial charge in [-0.25, -0.2) is 0 Å². The zero-order chi connectivity index (χ0) is 13.8. The lowest BCUT2D eigenvalue weighted by atomic mass is 9.98. The third-order valence-corrected chi connectivity index (χ3v) is 4.49. The molecule has 2 heterocycles. The highest BCUT2D eigenvalue weighted by Gasteiger charge is 2.33. The van der Waals surface area contributed by atoms with E-state index in [4.69, 9.17) is 0 Å². The van der Waals surface area contributed by atoms with Crippen LogP contribution in [0.2, 0.25) is 0 Å². The van der Waals surface area contributed by atoms with Gasteiger partial charge in [-0.05, 0) is 44.4 Å². The van der Waals surface area contributed by atoms with Gasteiger partial charge in [0.25, 0.3) is 0 Å². The molecule has 2 fully saturated rings. The molecule has 0 aromatic rings. The Morgan fingerprint density at radius 2 is 1.84 bits per heavy atom. The molecule has 108 valence electrons. The molecule has 0 N–H and O–H groups in total. The maximum Gasteiger partial charge on any atom is 0.312 e. The summed E-state index contributed by atoms with van der Waals surface area (Å²) in [5.74, 6) is -0.0126. The normalized spacial score (nSPS) is 28.3. The van der Waals surface area contributed by atoms with Crippen LogP contribution in [0.4, 0.5) is 0 Å². The average molecular weight is 266 g/mol. The molecule has 0 aliphatic carbocycles. The second kappa shape index (κ2) is 6.40. The summed E-state index contributed by atoms with van der Waals surface area (Å²) in [7, 11) is 0. The van der Waals surface area contributed by atoms with Crippen molar-refractivity contribution in [1.82, 2.24) is 9.80 Å². The highest BCUT2D eigenvalue weighted by molar-refractivity contribution is 6.35. The number of hydrogen-bond donors (Lipinski definition) is 0. The Kier molecular flexibility index (Phi) is 4.83. The van der Waals surface area contributed by atoms with E-state index in [0.717, 1.165) is 45.3 Å². The van der Waals surface area contributed by atoms with Crippen molar-refractivity contribution in [3.63, 3.8) is 0 Å². The molecule has 2 rings (SSSR count). The van der Waals surface area contributed by atoms with Crippen molar-refractivity contribution in [1.29, 1.82) is 0 Å². The van der Waals surface area contributed by atoms with Gasteiger partial charge in [-0.2, -0.15) is 0 Å². The molecule has 2 unspecified atom stereocenters. The third-order valence-electron chi connectivity index (χ3n) is 4.49. The molecule has 2 saturated heterocycles. The predicted octanol–water partition coefficient (Wildman–Crippen LogP) is 2.04. The quantitative estimate of drug-likeness (QED) is 0.681. The van der Waals surface area contributed by atoms with Gasteiger partial charge in [-0.15, -0.1) is 0 Å². The lowest BCUT2D eigenvalue weighted by Gasteiger charge is -2.37. The van der Waals surface area contributed by atoms with E-state index in [2.05, 4.69) is 13.8 Å². The van der Waals surface area contributed by atoms with E-state index in [1.54, 1.807) is 4.90 Å². The Hall–Kier alpha value is -1.06. The van der Waals surface area contributed by atoms with Crippen LogP contribution in [0, 0.1) is 5.92 Å². The van der Waals surface area contributed by atoms with E-state index in [1.165, 1.54) is 12.8 Å². The smallest absolute Gasteiger partial charge is 0.312 e. The number of rotatable bonds is 1. The van der Waals surface area contributed by atoms with Crippen LogP contribution in [-0.4, -0.2) is 47.3 Å². The largest absolute Gasteiger partial charge is 0.334 e. The molecular weight excluding hydrogens is 240 g/mol. The second-order valence-electron chi connectivity index (χ2n) is 6.05. The number of piperidine rings is 2. The molecule has 0 saturated carbocycles. The lowest BCUT2D eigenvalue weighted by molar-refractivity contribution is -0.155. The van der Waals surface area contributed by atoms with Crippen LogP contribution in [0.15, 0.2) is 0 Å². The summed E-state index contributed by atoms with van der Waals surface area (Å²) < 4.78 is 0. The van der Waals surface area contributed by atoms with Gasteiger partial charge in [0.1, 0.15) is 0 Å². The minimum Gasteiger partial charge on any atom is -0.334 e. The summed E-state index contributed by atoms with van der Waals surface area (Å²) in [4.78, 5) is 28.3. The van der Waals surface area contributed by atoms with Crippen molar-refractivity contribution < 1.29 is 9.59 Å². The molecule has 0 aromatic carbocycles. The van der Waals surface area contributed by atoms with Crippen LogP contribution >= 0.6 is 0 Å². The molecule has 4 nitrogen and oxygen atoms in total. The Morgan fingerprint density at radius 1 is 1.05 bits per heavy atom. The first-order valence-electron chi connectivity index (χ1n) is 7.73. The van der Waals surface area contributed by atoms with Crippen LogP contribution in [-0.2, 0) is 9.59 Å². The molecule has 2 aliphatic rings. The molecule has 2 aliphatic heterocycles. The van der Waals surface area contributed by atoms with Gasteiger partial charge in [-0.1, -0.05) is 13.8 Å². The Morgan fingerprint density at radius 3 is 2.53 bits per heavy atom. The van der Waals surface area contributed by atoms with Crippen molar-refractivity contribution in [3.8, 4) is 0 Å². The Balaban J connectivity index is 1.99. The first-order valence-corrected chi connectivity index (χ1v) is 7.73. The predicted molar refractivity (Wildman–Crippen MR) is 74.6 cm³/mol. The molecule has 0 spiro atoms. The fourth-order valence-electron chi connectivity index (χ4n) is 3.32. The maximum absolute atomic E-state index is 12.4. The van der Waals surface area contributed by atoms with Gasteiger partial charge in [0, 0.05) is 25.7 Å². The van der Waals surface area contributed by atoms with Gasteiger partial charge < -0.3 is 9.80 Å². The van der Waals surface area contributed by atoms with E-state index in [-0.39, 0.29) is 17.9 Å². The van der Waals surface area contributed by atoms with Crippen molar-refractivity contribution in [2.24, 2.45) is 5.92 Å². The van der Waals surface area contributed by atoms with Crippen LogP contribution in [0.1, 0.15) is 52.4 Å². The minimum absolute atomic E-state index is 0.263. The highest BCUT2D eigenvalue weighted by Crippen LogP contribution is 2.21. The molecule has 0 bridgehead atoms. The van der Waals surface area contributed by atoms with Gasteiger partial charge in [0.2, 0.25) is 0 Å². The van der Waals surface area contributed by atoms with E-state index < -0.39 is 0 Å². The van der Waals surface area contributed by atoms with Crippen molar-refractivity contribution >= 4 is 11.8 Å². The zero-order valence-electron chi connectivity index (χ0n) is 12.2. The third kappa shape index (κ3) is 3.28. The van der Waals surface area contributed by atoms with Crippen molar-refractivity contribution in [2.45, 2.75) is 58.4 Å². The lowest BCUT2D eigenvalue weighted by Crippen LogP contribution is -2.52. The number of amides is 2. The average Bonchev–Trinajstić information content (AvgIpc) is 2.45. The Labute approximate surface area is 116 Å². The molecule has 0 aromatic heterocycles. The molecule has 0 radical (unpaired) electrons. The number of carbonyl (C=O) groups is 2. The highest BCUT2D eigenvalue weighted by atomic mass is 16.2. The summed E-state index contributed by atoms with van der Waals surface area (Å²) in [5, 5.41) is 0. The van der Waals surface area contributed by atoms with E-state index in [0.29, 0.717) is 5.92 Å². The maximum atomic E-state index is 12.4. The molecule has 19 heavy (non-hydrogen) atoms. The van der Waals surface area contributed by atoms with Crippen LogP contribution in [0.3, 0.4) is 0 Å². The summed E-state index contributed by atoms with van der Waals surface area (Å²) in [6.45, 7) is 6.50. The van der Waals surface area contributed by atoms with Crippen LogP contribution in [0.25, 0.3) is 0 Å². The topological polar surface area (TPSA) is 40.6 Å². The van der Waals surface area contributed by atoms with Crippen LogP contribution in [0.5, 0.6) is 0 Å². The summed E-state index contributed by atoms with van der Waals surface area (Å²) in [6.07, 6.45) is 6.40.